The van der Waals surface area contributed by atoms with Gasteiger partial charge >= 0.3 is 6.09 Å². The molecule has 0 unspecified atom stereocenters. The molecule has 0 radical (unpaired) electrons. The first-order chi connectivity index (χ1) is 8.35. The molecule has 0 saturated carbocycles. The smallest absolute Gasteiger partial charge is 0.413 e. The number of aromatic nitrogens is 2. The van der Waals surface area contributed by atoms with Crippen LogP contribution in [0.1, 0.15) is 26.5 Å². The fraction of sp³-hybridized carbons (Fsp3) is 0.385. The average molecular weight is 247 g/mol. The van der Waals surface area contributed by atoms with Crippen molar-refractivity contribution in [3.8, 4) is 0 Å². The number of anilines is 1. The second kappa shape index (κ2) is 4.33. The van der Waals surface area contributed by atoms with Crippen LogP contribution < -0.4 is 5.32 Å². The first-order valence-electron chi connectivity index (χ1n) is 5.79. The van der Waals surface area contributed by atoms with Crippen LogP contribution in [0, 0.1) is 6.92 Å². The Morgan fingerprint density at radius 1 is 1.39 bits per heavy atom. The SMILES string of the molecule is Cc1ccc2cc(NC(=O)OC(C)(C)C)ncn12. The molecule has 1 N–H and O–H groups in total. The van der Waals surface area contributed by atoms with Gasteiger partial charge in [0.1, 0.15) is 17.7 Å². The summed E-state index contributed by atoms with van der Waals surface area (Å²) in [6.45, 7) is 7.45. The summed E-state index contributed by atoms with van der Waals surface area (Å²) in [4.78, 5) is 15.8. The van der Waals surface area contributed by atoms with E-state index >= 15 is 0 Å². The molecule has 5 heteroatoms. The molecular formula is C13H17N3O2. The molecule has 18 heavy (non-hydrogen) atoms. The van der Waals surface area contributed by atoms with Crippen LogP contribution in [0.25, 0.3) is 5.52 Å². The lowest BCUT2D eigenvalue weighted by molar-refractivity contribution is 0.0635. The Bertz CT molecular complexity index is 581. The third-order valence-electron chi connectivity index (χ3n) is 2.38. The van der Waals surface area contributed by atoms with Gasteiger partial charge in [-0.1, -0.05) is 0 Å². The molecule has 0 spiro atoms. The van der Waals surface area contributed by atoms with E-state index in [2.05, 4.69) is 10.3 Å². The highest BCUT2D eigenvalue weighted by atomic mass is 16.6. The molecule has 0 fully saturated rings. The fourth-order valence-electron chi connectivity index (χ4n) is 1.62. The highest BCUT2D eigenvalue weighted by molar-refractivity contribution is 5.84. The maximum Gasteiger partial charge on any atom is 0.413 e. The quantitative estimate of drug-likeness (QED) is 0.842. The van der Waals surface area contributed by atoms with Gasteiger partial charge in [0.15, 0.2) is 0 Å². The van der Waals surface area contributed by atoms with E-state index in [-0.39, 0.29) is 0 Å². The van der Waals surface area contributed by atoms with E-state index in [4.69, 9.17) is 4.74 Å². The van der Waals surface area contributed by atoms with E-state index in [1.807, 2.05) is 44.2 Å². The Kier molecular flexibility index (Phi) is 2.98. The van der Waals surface area contributed by atoms with Crippen LogP contribution in [0.3, 0.4) is 0 Å². The van der Waals surface area contributed by atoms with Crippen LogP contribution in [-0.4, -0.2) is 21.1 Å². The number of nitrogens with one attached hydrogen (secondary N) is 1. The van der Waals surface area contributed by atoms with Gasteiger partial charge in [0.05, 0.1) is 5.52 Å². The summed E-state index contributed by atoms with van der Waals surface area (Å²) in [5.74, 6) is 0.481. The third kappa shape index (κ3) is 2.80. The van der Waals surface area contributed by atoms with Crippen molar-refractivity contribution in [2.75, 3.05) is 5.32 Å². The molecule has 0 aliphatic heterocycles. The number of fused-ring (bicyclic) bond motifs is 1. The molecule has 0 bridgehead atoms. The van der Waals surface area contributed by atoms with Gasteiger partial charge in [0.2, 0.25) is 0 Å². The zero-order valence-corrected chi connectivity index (χ0v) is 11.0. The maximum absolute atomic E-state index is 11.6. The van der Waals surface area contributed by atoms with Crippen molar-refractivity contribution in [2.45, 2.75) is 33.3 Å². The lowest BCUT2D eigenvalue weighted by atomic mass is 10.2. The zero-order valence-electron chi connectivity index (χ0n) is 11.0. The van der Waals surface area contributed by atoms with Crippen molar-refractivity contribution >= 4 is 17.4 Å². The zero-order chi connectivity index (χ0) is 13.3. The number of carbonyl (C=O) groups excluding carboxylic acids is 1. The van der Waals surface area contributed by atoms with Gasteiger partial charge in [-0.3, -0.25) is 5.32 Å². The van der Waals surface area contributed by atoms with Crippen LogP contribution >= 0.6 is 0 Å². The minimum absolute atomic E-state index is 0.481. The summed E-state index contributed by atoms with van der Waals surface area (Å²) in [5, 5.41) is 2.61. The van der Waals surface area contributed by atoms with Gasteiger partial charge in [-0.25, -0.2) is 9.78 Å². The topological polar surface area (TPSA) is 55.6 Å². The van der Waals surface area contributed by atoms with Crippen LogP contribution in [0.5, 0.6) is 0 Å². The molecule has 2 aromatic heterocycles. The molecule has 0 aliphatic carbocycles. The van der Waals surface area contributed by atoms with Gasteiger partial charge < -0.3 is 9.14 Å². The summed E-state index contributed by atoms with van der Waals surface area (Å²) in [6.07, 6.45) is 1.18. The molecule has 1 amide bonds. The Morgan fingerprint density at radius 3 is 2.78 bits per heavy atom. The predicted molar refractivity (Wildman–Crippen MR) is 69.8 cm³/mol. The largest absolute Gasteiger partial charge is 0.444 e. The number of aryl methyl sites for hydroxylation is 1. The van der Waals surface area contributed by atoms with Gasteiger partial charge in [-0.2, -0.15) is 0 Å². The molecule has 2 rings (SSSR count). The Hall–Kier alpha value is -2.04. The van der Waals surface area contributed by atoms with Crippen molar-refractivity contribution in [3.63, 3.8) is 0 Å². The number of rotatable bonds is 1. The molecule has 5 nitrogen and oxygen atoms in total. The van der Waals surface area contributed by atoms with Crippen molar-refractivity contribution < 1.29 is 9.53 Å². The molecule has 0 aliphatic rings. The summed E-state index contributed by atoms with van der Waals surface area (Å²) in [5.41, 5.74) is 1.56. The normalized spacial score (nSPS) is 11.6. The lowest BCUT2D eigenvalue weighted by Crippen LogP contribution is -2.27. The first kappa shape index (κ1) is 12.4. The second-order valence-electron chi connectivity index (χ2n) is 5.17. The molecule has 0 aromatic carbocycles. The van der Waals surface area contributed by atoms with Gasteiger partial charge in [0, 0.05) is 11.8 Å². The minimum Gasteiger partial charge on any atom is -0.444 e. The number of ether oxygens (including phenoxy) is 1. The second-order valence-corrected chi connectivity index (χ2v) is 5.17. The molecule has 0 saturated heterocycles. The van der Waals surface area contributed by atoms with Gasteiger partial charge in [-0.05, 0) is 39.8 Å². The van der Waals surface area contributed by atoms with E-state index < -0.39 is 11.7 Å². The van der Waals surface area contributed by atoms with Crippen LogP contribution in [-0.2, 0) is 4.74 Å². The van der Waals surface area contributed by atoms with Crippen molar-refractivity contribution in [1.29, 1.82) is 0 Å². The Balaban J connectivity index is 2.15. The number of hydrogen-bond acceptors (Lipinski definition) is 3. The van der Waals surface area contributed by atoms with E-state index in [1.54, 1.807) is 12.4 Å². The van der Waals surface area contributed by atoms with Crippen LogP contribution in [0.4, 0.5) is 10.6 Å². The fourth-order valence-corrected chi connectivity index (χ4v) is 1.62. The minimum atomic E-state index is -0.514. The van der Waals surface area contributed by atoms with Crippen molar-refractivity contribution in [3.05, 3.63) is 30.2 Å². The third-order valence-corrected chi connectivity index (χ3v) is 2.38. The molecule has 2 heterocycles. The van der Waals surface area contributed by atoms with E-state index in [1.165, 1.54) is 0 Å². The predicted octanol–water partition coefficient (Wildman–Crippen LogP) is 2.99. The number of hydrogen-bond donors (Lipinski definition) is 1. The lowest BCUT2D eigenvalue weighted by Gasteiger charge is -2.19. The number of nitrogens with zero attached hydrogens (tertiary/aromatic N) is 2. The first-order valence-corrected chi connectivity index (χ1v) is 5.79. The summed E-state index contributed by atoms with van der Waals surface area (Å²) in [7, 11) is 0. The highest BCUT2D eigenvalue weighted by Crippen LogP contribution is 2.14. The molecule has 2 aromatic rings. The monoisotopic (exact) mass is 247 g/mol. The van der Waals surface area contributed by atoms with E-state index in [0.717, 1.165) is 11.2 Å². The average Bonchev–Trinajstić information content (AvgIpc) is 2.57. The molecule has 0 atom stereocenters. The standard InChI is InChI=1S/C13H17N3O2/c1-9-5-6-10-7-11(14-8-16(9)10)15-12(17)18-13(2,3)4/h5-8H,1-4H3,(H,15,17). The van der Waals surface area contributed by atoms with Crippen LogP contribution in [0.15, 0.2) is 24.5 Å². The molecular weight excluding hydrogens is 230 g/mol. The number of carbonyl (C=O) groups is 1. The van der Waals surface area contributed by atoms with E-state index in [9.17, 15) is 4.79 Å². The summed E-state index contributed by atoms with van der Waals surface area (Å²) in [6, 6.07) is 5.77. The Morgan fingerprint density at radius 2 is 2.11 bits per heavy atom. The van der Waals surface area contributed by atoms with Crippen molar-refractivity contribution in [2.24, 2.45) is 0 Å². The van der Waals surface area contributed by atoms with Crippen LogP contribution in [0.2, 0.25) is 0 Å². The summed E-state index contributed by atoms with van der Waals surface area (Å²) < 4.78 is 7.11. The van der Waals surface area contributed by atoms with E-state index in [0.29, 0.717) is 5.82 Å². The molecule has 96 valence electrons. The van der Waals surface area contributed by atoms with Crippen molar-refractivity contribution in [1.82, 2.24) is 9.38 Å². The van der Waals surface area contributed by atoms with Gasteiger partial charge in [0.25, 0.3) is 0 Å². The number of amides is 1. The maximum atomic E-state index is 11.6. The highest BCUT2D eigenvalue weighted by Gasteiger charge is 2.16. The Labute approximate surface area is 106 Å². The van der Waals surface area contributed by atoms with Gasteiger partial charge in [-0.15, -0.1) is 0 Å². The summed E-state index contributed by atoms with van der Waals surface area (Å²) >= 11 is 0.